The van der Waals surface area contributed by atoms with Crippen LogP contribution in [0.5, 0.6) is 11.5 Å². The molecule has 37 heavy (non-hydrogen) atoms. The monoisotopic (exact) mass is 523 g/mol. The highest BCUT2D eigenvalue weighted by molar-refractivity contribution is 6.06. The zero-order valence-electron chi connectivity index (χ0n) is 20.4. The lowest BCUT2D eigenvalue weighted by molar-refractivity contribution is -0.142. The number of rotatable bonds is 9. The van der Waals surface area contributed by atoms with Crippen molar-refractivity contribution in [3.8, 4) is 11.5 Å². The number of nitrogens with one attached hydrogen (secondary N) is 1. The van der Waals surface area contributed by atoms with E-state index in [-0.39, 0.29) is 37.1 Å². The molecule has 1 amide bonds. The fourth-order valence-corrected chi connectivity index (χ4v) is 4.00. The molecule has 7 nitrogen and oxygen atoms in total. The molecule has 198 valence electrons. The number of anilines is 1. The molecule has 0 saturated carbocycles. The van der Waals surface area contributed by atoms with Crippen LogP contribution < -0.4 is 14.8 Å². The first-order chi connectivity index (χ1) is 17.5. The van der Waals surface area contributed by atoms with Crippen LogP contribution in [0.3, 0.4) is 0 Å². The first kappa shape index (κ1) is 27.7. The van der Waals surface area contributed by atoms with E-state index < -0.39 is 42.0 Å². The van der Waals surface area contributed by atoms with E-state index in [2.05, 4.69) is 5.32 Å². The Labute approximate surface area is 210 Å². The number of carbonyl (C=O) groups is 3. The Morgan fingerprint density at radius 1 is 1.19 bits per heavy atom. The van der Waals surface area contributed by atoms with E-state index in [1.807, 2.05) is 0 Å². The molecule has 1 aliphatic rings. The molecule has 0 unspecified atom stereocenters. The van der Waals surface area contributed by atoms with Crippen molar-refractivity contribution in [3.63, 3.8) is 0 Å². The third-order valence-electron chi connectivity index (χ3n) is 5.86. The smallest absolute Gasteiger partial charge is 0.419 e. The standard InChI is InChI=1S/C26H25F4NO6/c1-14(9-11-21(33)37-19-7-5-4-6-18(19)26(28,29)30)8-10-16-23(31-20(32)12-27)22-17(13-36-25(22)34)15(2)24(16)35-3/h4-8H,9-13H2,1-3H3,(H,31,32)/b14-8+. The first-order valence-electron chi connectivity index (χ1n) is 11.3. The topological polar surface area (TPSA) is 90.9 Å². The predicted molar refractivity (Wildman–Crippen MR) is 125 cm³/mol. The highest BCUT2D eigenvalue weighted by Crippen LogP contribution is 2.41. The van der Waals surface area contributed by atoms with Crippen LogP contribution in [-0.4, -0.2) is 31.6 Å². The van der Waals surface area contributed by atoms with Crippen LogP contribution in [0.25, 0.3) is 0 Å². The second-order valence-electron chi connectivity index (χ2n) is 8.35. The van der Waals surface area contributed by atoms with Crippen molar-refractivity contribution >= 4 is 23.5 Å². The summed E-state index contributed by atoms with van der Waals surface area (Å²) in [5, 5.41) is 2.42. The molecule has 1 aliphatic heterocycles. The minimum atomic E-state index is -4.67. The second-order valence-corrected chi connectivity index (χ2v) is 8.35. The van der Waals surface area contributed by atoms with E-state index in [0.29, 0.717) is 28.0 Å². The van der Waals surface area contributed by atoms with Crippen molar-refractivity contribution in [2.24, 2.45) is 0 Å². The van der Waals surface area contributed by atoms with Gasteiger partial charge in [0, 0.05) is 17.5 Å². The van der Waals surface area contributed by atoms with E-state index in [4.69, 9.17) is 14.2 Å². The maximum Gasteiger partial charge on any atom is 0.419 e. The Bertz CT molecular complexity index is 1250. The highest BCUT2D eigenvalue weighted by Gasteiger charge is 2.35. The van der Waals surface area contributed by atoms with Gasteiger partial charge in [-0.3, -0.25) is 9.59 Å². The minimum absolute atomic E-state index is 0.0103. The molecular formula is C26H25F4NO6. The number of allylic oxidation sites excluding steroid dienone is 2. The van der Waals surface area contributed by atoms with Gasteiger partial charge in [0.25, 0.3) is 5.91 Å². The summed E-state index contributed by atoms with van der Waals surface area (Å²) in [5.74, 6) is -2.62. The van der Waals surface area contributed by atoms with Crippen molar-refractivity contribution in [2.75, 3.05) is 19.1 Å². The first-order valence-corrected chi connectivity index (χ1v) is 11.3. The van der Waals surface area contributed by atoms with Crippen molar-refractivity contribution in [2.45, 2.75) is 45.9 Å². The molecule has 1 heterocycles. The normalized spacial score (nSPS) is 13.2. The summed E-state index contributed by atoms with van der Waals surface area (Å²) in [6.45, 7) is 2.13. The number of para-hydroxylation sites is 1. The van der Waals surface area contributed by atoms with Crippen LogP contribution in [0.2, 0.25) is 0 Å². The van der Waals surface area contributed by atoms with Crippen LogP contribution >= 0.6 is 0 Å². The summed E-state index contributed by atoms with van der Waals surface area (Å²) < 4.78 is 67.9. The van der Waals surface area contributed by atoms with E-state index in [1.165, 1.54) is 19.2 Å². The number of methoxy groups -OCH3 is 1. The van der Waals surface area contributed by atoms with E-state index in [0.717, 1.165) is 12.1 Å². The third kappa shape index (κ3) is 6.28. The molecule has 2 aromatic carbocycles. The van der Waals surface area contributed by atoms with Gasteiger partial charge in [-0.2, -0.15) is 13.2 Å². The molecule has 3 rings (SSSR count). The Kier molecular flexibility index (Phi) is 8.57. The molecule has 0 saturated heterocycles. The molecular weight excluding hydrogens is 498 g/mol. The zero-order valence-corrected chi connectivity index (χ0v) is 20.4. The van der Waals surface area contributed by atoms with Crippen molar-refractivity contribution in [1.29, 1.82) is 0 Å². The zero-order chi connectivity index (χ0) is 27.3. The molecule has 0 aliphatic carbocycles. The van der Waals surface area contributed by atoms with Gasteiger partial charge < -0.3 is 19.5 Å². The van der Waals surface area contributed by atoms with Gasteiger partial charge in [0.05, 0.1) is 23.9 Å². The number of alkyl halides is 4. The van der Waals surface area contributed by atoms with Crippen molar-refractivity contribution in [1.82, 2.24) is 0 Å². The maximum absolute atomic E-state index is 13.1. The number of benzene rings is 2. The fourth-order valence-electron chi connectivity index (χ4n) is 4.00. The average Bonchev–Trinajstić information content (AvgIpc) is 3.24. The van der Waals surface area contributed by atoms with Gasteiger partial charge in [-0.25, -0.2) is 9.18 Å². The van der Waals surface area contributed by atoms with E-state index in [1.54, 1.807) is 19.9 Å². The Morgan fingerprint density at radius 2 is 1.89 bits per heavy atom. The summed E-state index contributed by atoms with van der Waals surface area (Å²) in [5.41, 5.74) is 1.45. The molecule has 0 fully saturated rings. The molecule has 11 heteroatoms. The second kappa shape index (κ2) is 11.4. The number of esters is 2. The number of hydrogen-bond donors (Lipinski definition) is 1. The quantitative estimate of drug-likeness (QED) is 0.203. The predicted octanol–water partition coefficient (Wildman–Crippen LogP) is 5.48. The SMILES string of the molecule is COc1c(C)c2c(c(NC(=O)CF)c1C/C=C(\C)CCC(=O)Oc1ccccc1C(F)(F)F)C(=O)OC2. The van der Waals surface area contributed by atoms with Crippen molar-refractivity contribution in [3.05, 3.63) is 63.7 Å². The van der Waals surface area contributed by atoms with Crippen LogP contribution in [0.4, 0.5) is 23.2 Å². The molecule has 0 bridgehead atoms. The van der Waals surface area contributed by atoms with Crippen LogP contribution in [0.15, 0.2) is 35.9 Å². The Balaban J connectivity index is 1.79. The molecule has 0 atom stereocenters. The Hall–Kier alpha value is -3.89. The molecule has 2 aromatic rings. The lowest BCUT2D eigenvalue weighted by Gasteiger charge is -2.19. The number of ether oxygens (including phenoxy) is 3. The molecule has 1 N–H and O–H groups in total. The van der Waals surface area contributed by atoms with E-state index in [9.17, 15) is 31.9 Å². The van der Waals surface area contributed by atoms with Crippen LogP contribution in [0.1, 0.15) is 52.4 Å². The van der Waals surface area contributed by atoms with Crippen molar-refractivity contribution < 1.29 is 46.2 Å². The number of cyclic esters (lactones) is 1. The maximum atomic E-state index is 13.1. The summed E-state index contributed by atoms with van der Waals surface area (Å²) in [7, 11) is 1.42. The van der Waals surface area contributed by atoms with Crippen LogP contribution in [-0.2, 0) is 33.5 Å². The molecule has 0 spiro atoms. The summed E-state index contributed by atoms with van der Waals surface area (Å²) in [6.07, 6.45) is -2.82. The molecule has 0 aromatic heterocycles. The highest BCUT2D eigenvalue weighted by atomic mass is 19.4. The van der Waals surface area contributed by atoms with Gasteiger partial charge in [0.1, 0.15) is 18.1 Å². The largest absolute Gasteiger partial charge is 0.496 e. The van der Waals surface area contributed by atoms with Gasteiger partial charge in [-0.1, -0.05) is 23.8 Å². The lowest BCUT2D eigenvalue weighted by Crippen LogP contribution is -2.18. The summed E-state index contributed by atoms with van der Waals surface area (Å²) >= 11 is 0. The van der Waals surface area contributed by atoms with Gasteiger partial charge in [-0.15, -0.1) is 0 Å². The van der Waals surface area contributed by atoms with E-state index >= 15 is 0 Å². The fraction of sp³-hybridized carbons (Fsp3) is 0.346. The minimum Gasteiger partial charge on any atom is -0.496 e. The Morgan fingerprint density at radius 3 is 2.54 bits per heavy atom. The van der Waals surface area contributed by atoms with Gasteiger partial charge in [0.2, 0.25) is 0 Å². The summed E-state index contributed by atoms with van der Waals surface area (Å²) in [6, 6.07) is 4.44. The number of carbonyl (C=O) groups excluding carboxylic acids is 3. The van der Waals surface area contributed by atoms with Crippen LogP contribution in [0, 0.1) is 6.92 Å². The number of halogens is 4. The number of hydrogen-bond acceptors (Lipinski definition) is 6. The summed E-state index contributed by atoms with van der Waals surface area (Å²) in [4.78, 5) is 36.4. The number of fused-ring (bicyclic) bond motifs is 1. The molecule has 0 radical (unpaired) electrons. The lowest BCUT2D eigenvalue weighted by atomic mass is 9.93. The number of amides is 1. The average molecular weight is 523 g/mol. The van der Waals surface area contributed by atoms with Gasteiger partial charge in [-0.05, 0) is 44.4 Å². The van der Waals surface area contributed by atoms with Gasteiger partial charge in [0.15, 0.2) is 6.67 Å². The van der Waals surface area contributed by atoms with Gasteiger partial charge >= 0.3 is 18.1 Å². The third-order valence-corrected chi connectivity index (χ3v) is 5.86.